The molecule has 76 valence electrons. The number of carboxylic acids is 1. The van der Waals surface area contributed by atoms with Crippen molar-refractivity contribution in [1.82, 2.24) is 0 Å². The zero-order chi connectivity index (χ0) is 10.9. The molecule has 0 saturated carbocycles. The number of halogens is 4. The van der Waals surface area contributed by atoms with E-state index in [9.17, 15) is 13.6 Å². The van der Waals surface area contributed by atoms with E-state index >= 15 is 0 Å². The Labute approximate surface area is 95.2 Å². The van der Waals surface area contributed by atoms with E-state index in [0.29, 0.717) is 0 Å². The number of hydrogen-bond acceptors (Lipinski definition) is 1. The van der Waals surface area contributed by atoms with Crippen molar-refractivity contribution in [1.29, 1.82) is 0 Å². The molecule has 0 amide bonds. The molecule has 2 nitrogen and oxygen atoms in total. The molecule has 1 rings (SSSR count). The third-order valence-electron chi connectivity index (χ3n) is 1.52. The van der Waals surface area contributed by atoms with Crippen LogP contribution in [-0.4, -0.2) is 11.1 Å². The van der Waals surface area contributed by atoms with Crippen molar-refractivity contribution in [3.05, 3.63) is 32.2 Å². The first kappa shape index (κ1) is 11.6. The molecule has 0 heterocycles. The fraction of sp³-hybridized carbons (Fsp3) is 0.125. The van der Waals surface area contributed by atoms with Crippen LogP contribution >= 0.6 is 31.9 Å². The fourth-order valence-electron chi connectivity index (χ4n) is 0.913. The average molecular weight is 330 g/mol. The molecular formula is C8H4Br2F2O2. The molecule has 0 unspecified atom stereocenters. The van der Waals surface area contributed by atoms with Crippen LogP contribution in [0.1, 0.15) is 5.56 Å². The smallest absolute Gasteiger partial charge is 0.307 e. The molecule has 0 aliphatic heterocycles. The predicted octanol–water partition coefficient (Wildman–Crippen LogP) is 3.12. The summed E-state index contributed by atoms with van der Waals surface area (Å²) in [6, 6.07) is 0.859. The summed E-state index contributed by atoms with van der Waals surface area (Å²) in [5.41, 5.74) is -0.190. The molecule has 0 atom stereocenters. The Bertz CT molecular complexity index is 393. The second kappa shape index (κ2) is 4.35. The van der Waals surface area contributed by atoms with Gasteiger partial charge in [-0.05, 0) is 37.9 Å². The van der Waals surface area contributed by atoms with Gasteiger partial charge in [0.15, 0.2) is 0 Å². The molecule has 1 aromatic rings. The van der Waals surface area contributed by atoms with Crippen molar-refractivity contribution in [2.24, 2.45) is 0 Å². The van der Waals surface area contributed by atoms with Crippen LogP contribution in [-0.2, 0) is 11.2 Å². The van der Waals surface area contributed by atoms with Crippen LogP contribution in [0.4, 0.5) is 8.78 Å². The number of carbonyl (C=O) groups is 1. The van der Waals surface area contributed by atoms with Gasteiger partial charge in [-0.1, -0.05) is 0 Å². The molecule has 6 heteroatoms. The van der Waals surface area contributed by atoms with E-state index in [-0.39, 0.29) is 14.5 Å². The number of rotatable bonds is 2. The highest BCUT2D eigenvalue weighted by atomic mass is 79.9. The first-order chi connectivity index (χ1) is 6.43. The Morgan fingerprint density at radius 2 is 1.93 bits per heavy atom. The van der Waals surface area contributed by atoms with Gasteiger partial charge in [0, 0.05) is 5.56 Å². The van der Waals surface area contributed by atoms with Gasteiger partial charge in [-0.3, -0.25) is 4.79 Å². The average Bonchev–Trinajstić information content (AvgIpc) is 2.10. The van der Waals surface area contributed by atoms with E-state index in [1.54, 1.807) is 0 Å². The van der Waals surface area contributed by atoms with E-state index < -0.39 is 24.0 Å². The summed E-state index contributed by atoms with van der Waals surface area (Å²) in [4.78, 5) is 10.3. The van der Waals surface area contributed by atoms with E-state index in [2.05, 4.69) is 31.9 Å². The Morgan fingerprint density at radius 3 is 2.43 bits per heavy atom. The monoisotopic (exact) mass is 328 g/mol. The topological polar surface area (TPSA) is 37.3 Å². The Morgan fingerprint density at radius 1 is 1.36 bits per heavy atom. The molecule has 0 aliphatic rings. The second-order valence-electron chi connectivity index (χ2n) is 2.53. The molecule has 0 radical (unpaired) electrons. The highest BCUT2D eigenvalue weighted by Crippen LogP contribution is 2.31. The number of hydrogen-bond donors (Lipinski definition) is 1. The normalized spacial score (nSPS) is 10.3. The zero-order valence-electron chi connectivity index (χ0n) is 6.65. The van der Waals surface area contributed by atoms with Crippen molar-refractivity contribution >= 4 is 37.8 Å². The van der Waals surface area contributed by atoms with Crippen LogP contribution < -0.4 is 0 Å². The van der Waals surface area contributed by atoms with Crippen LogP contribution in [0.3, 0.4) is 0 Å². The van der Waals surface area contributed by atoms with Crippen molar-refractivity contribution in [2.45, 2.75) is 6.42 Å². The first-order valence-electron chi connectivity index (χ1n) is 3.47. The maximum Gasteiger partial charge on any atom is 0.307 e. The van der Waals surface area contributed by atoms with E-state index in [1.807, 2.05) is 0 Å². The third-order valence-corrected chi connectivity index (χ3v) is 3.57. The molecule has 0 fully saturated rings. The lowest BCUT2D eigenvalue weighted by atomic mass is 10.1. The molecule has 0 aromatic heterocycles. The summed E-state index contributed by atoms with van der Waals surface area (Å²) in [6.45, 7) is 0. The van der Waals surface area contributed by atoms with E-state index in [4.69, 9.17) is 5.11 Å². The Balaban J connectivity index is 3.25. The van der Waals surface area contributed by atoms with Gasteiger partial charge in [0.2, 0.25) is 0 Å². The minimum absolute atomic E-state index is 0.0517. The van der Waals surface area contributed by atoms with Gasteiger partial charge in [-0.25, -0.2) is 8.78 Å². The standard InChI is InChI=1S/C8H4Br2F2O2/c9-6-4(11)1-3(2-5(13)14)8(12)7(6)10/h1H,2H2,(H,13,14). The maximum atomic E-state index is 13.3. The molecule has 1 N–H and O–H groups in total. The van der Waals surface area contributed by atoms with Crippen LogP contribution in [0, 0.1) is 11.6 Å². The minimum atomic E-state index is -1.21. The van der Waals surface area contributed by atoms with Crippen LogP contribution in [0.25, 0.3) is 0 Å². The quantitative estimate of drug-likeness (QED) is 0.668. The lowest BCUT2D eigenvalue weighted by molar-refractivity contribution is -0.136. The summed E-state index contributed by atoms with van der Waals surface area (Å²) in [5, 5.41) is 8.43. The minimum Gasteiger partial charge on any atom is -0.481 e. The Hall–Kier alpha value is -0.490. The lowest BCUT2D eigenvalue weighted by Gasteiger charge is -2.05. The van der Waals surface area contributed by atoms with Crippen molar-refractivity contribution in [2.75, 3.05) is 0 Å². The fourth-order valence-corrected chi connectivity index (χ4v) is 1.65. The number of carboxylic acid groups (broad SMARTS) is 1. The number of benzene rings is 1. The molecule has 14 heavy (non-hydrogen) atoms. The van der Waals surface area contributed by atoms with Gasteiger partial charge < -0.3 is 5.11 Å². The van der Waals surface area contributed by atoms with Gasteiger partial charge in [0.05, 0.1) is 15.4 Å². The summed E-state index contributed by atoms with van der Waals surface area (Å²) < 4.78 is 26.2. The molecular weight excluding hydrogens is 326 g/mol. The van der Waals surface area contributed by atoms with Crippen LogP contribution in [0.15, 0.2) is 15.0 Å². The van der Waals surface area contributed by atoms with Gasteiger partial charge in [-0.2, -0.15) is 0 Å². The largest absolute Gasteiger partial charge is 0.481 e. The molecule has 1 aromatic carbocycles. The van der Waals surface area contributed by atoms with Gasteiger partial charge in [-0.15, -0.1) is 0 Å². The van der Waals surface area contributed by atoms with Crippen molar-refractivity contribution in [3.8, 4) is 0 Å². The van der Waals surface area contributed by atoms with Gasteiger partial charge >= 0.3 is 5.97 Å². The van der Waals surface area contributed by atoms with Crippen molar-refractivity contribution in [3.63, 3.8) is 0 Å². The highest BCUT2D eigenvalue weighted by molar-refractivity contribution is 9.13. The van der Waals surface area contributed by atoms with Crippen LogP contribution in [0.2, 0.25) is 0 Å². The predicted molar refractivity (Wildman–Crippen MR) is 53.1 cm³/mol. The first-order valence-corrected chi connectivity index (χ1v) is 5.05. The SMILES string of the molecule is O=C(O)Cc1cc(F)c(Br)c(Br)c1F. The van der Waals surface area contributed by atoms with Crippen LogP contribution in [0.5, 0.6) is 0 Å². The molecule has 0 bridgehead atoms. The lowest BCUT2D eigenvalue weighted by Crippen LogP contribution is -2.04. The highest BCUT2D eigenvalue weighted by Gasteiger charge is 2.16. The van der Waals surface area contributed by atoms with E-state index in [0.717, 1.165) is 6.07 Å². The molecule has 0 aliphatic carbocycles. The van der Waals surface area contributed by atoms with Gasteiger partial charge in [0.1, 0.15) is 11.6 Å². The summed E-state index contributed by atoms with van der Waals surface area (Å²) >= 11 is 5.64. The number of aliphatic carboxylic acids is 1. The summed E-state index contributed by atoms with van der Waals surface area (Å²) in [5.74, 6) is -2.67. The zero-order valence-corrected chi connectivity index (χ0v) is 9.82. The van der Waals surface area contributed by atoms with Crippen molar-refractivity contribution < 1.29 is 18.7 Å². The molecule has 0 saturated heterocycles. The van der Waals surface area contributed by atoms with E-state index in [1.165, 1.54) is 0 Å². The Kier molecular flexibility index (Phi) is 3.60. The second-order valence-corrected chi connectivity index (χ2v) is 4.12. The summed E-state index contributed by atoms with van der Waals surface area (Å²) in [6.07, 6.45) is -0.547. The summed E-state index contributed by atoms with van der Waals surface area (Å²) in [7, 11) is 0. The maximum absolute atomic E-state index is 13.3. The van der Waals surface area contributed by atoms with Gasteiger partial charge in [0.25, 0.3) is 0 Å². The third kappa shape index (κ3) is 2.30. The molecule has 0 spiro atoms.